The highest BCUT2D eigenvalue weighted by molar-refractivity contribution is 5.91. The predicted octanol–water partition coefficient (Wildman–Crippen LogP) is 2.48. The molecule has 1 aromatic heterocycles. The molecule has 0 saturated heterocycles. The molecule has 0 saturated carbocycles. The lowest BCUT2D eigenvalue weighted by Gasteiger charge is -2.14. The molecule has 0 aliphatic rings. The lowest BCUT2D eigenvalue weighted by atomic mass is 10.1. The van der Waals surface area contributed by atoms with Gasteiger partial charge in [-0.05, 0) is 42.7 Å². The van der Waals surface area contributed by atoms with Crippen molar-refractivity contribution in [3.05, 3.63) is 78.5 Å². The fourth-order valence-electron chi connectivity index (χ4n) is 2.87. The number of rotatable bonds is 7. The number of anilines is 1. The normalized spacial score (nSPS) is 10.5. The number of carbonyl (C=O) groups excluding carboxylic acids is 2. The maximum atomic E-state index is 12.5. The number of para-hydroxylation sites is 1. The van der Waals surface area contributed by atoms with E-state index in [1.165, 1.54) is 0 Å². The van der Waals surface area contributed by atoms with Gasteiger partial charge in [0.05, 0.1) is 0 Å². The van der Waals surface area contributed by atoms with Crippen LogP contribution < -0.4 is 10.4 Å². The van der Waals surface area contributed by atoms with Gasteiger partial charge in [-0.25, -0.2) is 0 Å². The second-order valence-electron chi connectivity index (χ2n) is 5.95. The van der Waals surface area contributed by atoms with Crippen LogP contribution in [-0.4, -0.2) is 16.4 Å². The van der Waals surface area contributed by atoms with Gasteiger partial charge in [-0.3, -0.25) is 4.79 Å². The summed E-state index contributed by atoms with van der Waals surface area (Å²) in [6, 6.07) is 22.7. The zero-order valence-electron chi connectivity index (χ0n) is 14.2. The van der Waals surface area contributed by atoms with E-state index >= 15 is 0 Å². The minimum absolute atomic E-state index is 0.0848. The van der Waals surface area contributed by atoms with Gasteiger partial charge in [0.1, 0.15) is 6.54 Å². The molecule has 0 unspecified atom stereocenters. The third kappa shape index (κ3) is 4.39. The van der Waals surface area contributed by atoms with Crippen molar-refractivity contribution in [2.24, 2.45) is 0 Å². The number of aromatic nitrogens is 1. The molecular weight excluding hydrogens is 328 g/mol. The van der Waals surface area contributed by atoms with Crippen LogP contribution in [0.5, 0.6) is 0 Å². The summed E-state index contributed by atoms with van der Waals surface area (Å²) in [7, 11) is 0. The number of nitrogens with zero attached hydrogens (tertiary/aromatic N) is 1. The third-order valence-electron chi connectivity index (χ3n) is 4.09. The van der Waals surface area contributed by atoms with Gasteiger partial charge < -0.3 is 19.8 Å². The van der Waals surface area contributed by atoms with Gasteiger partial charge in [0.15, 0.2) is 0 Å². The molecule has 3 rings (SSSR count). The summed E-state index contributed by atoms with van der Waals surface area (Å²) in [6.45, 7) is 0.106. The molecule has 1 heterocycles. The van der Waals surface area contributed by atoms with E-state index in [-0.39, 0.29) is 18.9 Å². The zero-order chi connectivity index (χ0) is 18.4. The van der Waals surface area contributed by atoms with Crippen LogP contribution in [0.1, 0.15) is 12.1 Å². The van der Waals surface area contributed by atoms with Gasteiger partial charge in [-0.15, -0.1) is 0 Å². The number of aliphatic carboxylic acids is 1. The summed E-state index contributed by atoms with van der Waals surface area (Å²) in [5, 5.41) is 13.7. The Kier molecular flexibility index (Phi) is 5.49. The van der Waals surface area contributed by atoms with Gasteiger partial charge in [-0.1, -0.05) is 48.5 Å². The predicted molar refractivity (Wildman–Crippen MR) is 98.3 cm³/mol. The van der Waals surface area contributed by atoms with Crippen LogP contribution in [0.25, 0.3) is 11.3 Å². The minimum Gasteiger partial charge on any atom is -0.550 e. The molecule has 0 fully saturated rings. The van der Waals surface area contributed by atoms with Crippen molar-refractivity contribution in [1.82, 2.24) is 4.57 Å². The molecule has 5 heteroatoms. The summed E-state index contributed by atoms with van der Waals surface area (Å²) in [6.07, 6.45) is 0.229. The number of carbonyl (C=O) groups is 2. The maximum Gasteiger partial charge on any atom is 0.244 e. The molecule has 0 atom stereocenters. The monoisotopic (exact) mass is 347 g/mol. The molecule has 0 spiro atoms. The summed E-state index contributed by atoms with van der Waals surface area (Å²) < 4.78 is 1.86. The second-order valence-corrected chi connectivity index (χ2v) is 5.95. The van der Waals surface area contributed by atoms with Crippen LogP contribution in [0.15, 0.2) is 72.8 Å². The zero-order valence-corrected chi connectivity index (χ0v) is 14.2. The van der Waals surface area contributed by atoms with Crippen molar-refractivity contribution >= 4 is 17.6 Å². The summed E-state index contributed by atoms with van der Waals surface area (Å²) >= 11 is 0. The van der Waals surface area contributed by atoms with Gasteiger partial charge in [0.25, 0.3) is 0 Å². The minimum atomic E-state index is -1.10. The molecule has 132 valence electrons. The van der Waals surface area contributed by atoms with Crippen LogP contribution in [0.2, 0.25) is 0 Å². The number of hydrogen-bond donors (Lipinski definition) is 1. The van der Waals surface area contributed by atoms with E-state index in [0.717, 1.165) is 22.6 Å². The van der Waals surface area contributed by atoms with Crippen LogP contribution >= 0.6 is 0 Å². The van der Waals surface area contributed by atoms with E-state index in [2.05, 4.69) is 5.32 Å². The van der Waals surface area contributed by atoms with Gasteiger partial charge in [-0.2, -0.15) is 0 Å². The van der Waals surface area contributed by atoms with Crippen molar-refractivity contribution in [3.8, 4) is 11.3 Å². The topological polar surface area (TPSA) is 74.2 Å². The molecule has 3 aromatic rings. The molecule has 0 bridgehead atoms. The molecule has 0 radical (unpaired) electrons. The average molecular weight is 347 g/mol. The van der Waals surface area contributed by atoms with Crippen molar-refractivity contribution < 1.29 is 14.7 Å². The third-order valence-corrected chi connectivity index (χ3v) is 4.09. The van der Waals surface area contributed by atoms with Crippen molar-refractivity contribution in [2.75, 3.05) is 5.32 Å². The quantitative estimate of drug-likeness (QED) is 0.713. The number of nitrogens with one attached hydrogen (secondary N) is 1. The first-order valence-electron chi connectivity index (χ1n) is 8.42. The summed E-state index contributed by atoms with van der Waals surface area (Å²) in [4.78, 5) is 23.3. The molecule has 0 aliphatic carbocycles. The number of hydrogen-bond acceptors (Lipinski definition) is 3. The van der Waals surface area contributed by atoms with Gasteiger partial charge in [0.2, 0.25) is 5.91 Å². The smallest absolute Gasteiger partial charge is 0.244 e. The Morgan fingerprint density at radius 1 is 0.885 bits per heavy atom. The van der Waals surface area contributed by atoms with Gasteiger partial charge >= 0.3 is 0 Å². The standard InChI is InChI=1S/C21H20N2O3/c24-20(22-17-9-5-2-6-10-17)15-23-18(12-14-21(25)26)11-13-19(23)16-7-3-1-4-8-16/h1-11,13H,12,14-15H2,(H,22,24)(H,25,26)/p-1. The van der Waals surface area contributed by atoms with E-state index in [4.69, 9.17) is 0 Å². The Hall–Kier alpha value is -3.34. The first-order chi connectivity index (χ1) is 12.6. The fourth-order valence-corrected chi connectivity index (χ4v) is 2.87. The lowest BCUT2D eigenvalue weighted by molar-refractivity contribution is -0.305. The molecular formula is C21H19N2O3-. The van der Waals surface area contributed by atoms with E-state index in [1.807, 2.05) is 77.4 Å². The van der Waals surface area contributed by atoms with Crippen LogP contribution in [0.4, 0.5) is 5.69 Å². The van der Waals surface area contributed by atoms with E-state index in [9.17, 15) is 14.7 Å². The number of carboxylic acids is 1. The highest BCUT2D eigenvalue weighted by Gasteiger charge is 2.13. The van der Waals surface area contributed by atoms with Crippen LogP contribution in [0.3, 0.4) is 0 Å². The molecule has 5 nitrogen and oxygen atoms in total. The Bertz CT molecular complexity index is 886. The van der Waals surface area contributed by atoms with E-state index in [1.54, 1.807) is 0 Å². The van der Waals surface area contributed by atoms with E-state index in [0.29, 0.717) is 6.42 Å². The van der Waals surface area contributed by atoms with Crippen LogP contribution in [-0.2, 0) is 22.6 Å². The van der Waals surface area contributed by atoms with Crippen molar-refractivity contribution in [1.29, 1.82) is 0 Å². The number of aryl methyl sites for hydroxylation is 1. The Balaban J connectivity index is 1.85. The highest BCUT2D eigenvalue weighted by atomic mass is 16.4. The lowest BCUT2D eigenvalue weighted by Crippen LogP contribution is -2.24. The molecule has 2 aromatic carbocycles. The molecule has 26 heavy (non-hydrogen) atoms. The highest BCUT2D eigenvalue weighted by Crippen LogP contribution is 2.23. The number of amides is 1. The molecule has 1 amide bonds. The average Bonchev–Trinajstić information content (AvgIpc) is 3.04. The number of benzene rings is 2. The van der Waals surface area contributed by atoms with Gasteiger partial charge in [0, 0.05) is 23.0 Å². The summed E-state index contributed by atoms with van der Waals surface area (Å²) in [5.74, 6) is -1.27. The Morgan fingerprint density at radius 3 is 2.19 bits per heavy atom. The Labute approximate surface area is 151 Å². The maximum absolute atomic E-state index is 12.5. The second kappa shape index (κ2) is 8.16. The van der Waals surface area contributed by atoms with Crippen LogP contribution in [0, 0.1) is 0 Å². The largest absolute Gasteiger partial charge is 0.550 e. The Morgan fingerprint density at radius 2 is 1.54 bits per heavy atom. The first kappa shape index (κ1) is 17.5. The van der Waals surface area contributed by atoms with Crippen molar-refractivity contribution in [2.45, 2.75) is 19.4 Å². The summed E-state index contributed by atoms with van der Waals surface area (Å²) in [5.41, 5.74) is 3.36. The van der Waals surface area contributed by atoms with E-state index < -0.39 is 5.97 Å². The first-order valence-corrected chi connectivity index (χ1v) is 8.42. The van der Waals surface area contributed by atoms with Crippen molar-refractivity contribution in [3.63, 3.8) is 0 Å². The molecule has 0 aliphatic heterocycles. The number of carboxylic acid groups (broad SMARTS) is 1. The fraction of sp³-hybridized carbons (Fsp3) is 0.143. The molecule has 1 N–H and O–H groups in total. The SMILES string of the molecule is O=C([O-])CCc1ccc(-c2ccccc2)n1CC(=O)Nc1ccccc1.